The van der Waals surface area contributed by atoms with E-state index in [9.17, 15) is 0 Å². The van der Waals surface area contributed by atoms with Crippen LogP contribution in [0.5, 0.6) is 5.75 Å². The number of rotatable bonds is 10. The van der Waals surface area contributed by atoms with Crippen molar-refractivity contribution in [1.82, 2.24) is 15.5 Å². The van der Waals surface area contributed by atoms with Crippen LogP contribution in [0, 0.1) is 0 Å². The number of nitrogens with zero attached hydrogens (tertiary/aromatic N) is 2. The lowest BCUT2D eigenvalue weighted by Gasteiger charge is -2.33. The highest BCUT2D eigenvalue weighted by atomic mass is 127. The van der Waals surface area contributed by atoms with Crippen LogP contribution in [0.3, 0.4) is 0 Å². The first-order chi connectivity index (χ1) is 14.0. The molecule has 0 radical (unpaired) electrons. The predicted molar refractivity (Wildman–Crippen MR) is 137 cm³/mol. The number of halogens is 2. The van der Waals surface area contributed by atoms with Crippen molar-refractivity contribution in [3.8, 4) is 5.75 Å². The Morgan fingerprint density at radius 3 is 2.63 bits per heavy atom. The molecule has 1 saturated heterocycles. The summed E-state index contributed by atoms with van der Waals surface area (Å²) in [6.45, 7) is 13.7. The molecule has 2 rings (SSSR count). The molecule has 172 valence electrons. The molecule has 30 heavy (non-hydrogen) atoms. The van der Waals surface area contributed by atoms with Crippen molar-refractivity contribution < 1.29 is 9.47 Å². The molecular formula is C22H38ClIN4O2. The van der Waals surface area contributed by atoms with E-state index in [1.165, 1.54) is 0 Å². The van der Waals surface area contributed by atoms with Crippen molar-refractivity contribution in [3.63, 3.8) is 0 Å². The van der Waals surface area contributed by atoms with Gasteiger partial charge in [0.2, 0.25) is 0 Å². The van der Waals surface area contributed by atoms with E-state index in [1.807, 2.05) is 31.2 Å². The fourth-order valence-electron chi connectivity index (χ4n) is 3.26. The third kappa shape index (κ3) is 11.0. The van der Waals surface area contributed by atoms with Crippen molar-refractivity contribution in [2.75, 3.05) is 39.3 Å². The summed E-state index contributed by atoms with van der Waals surface area (Å²) in [5, 5.41) is 7.61. The molecule has 0 bridgehead atoms. The van der Waals surface area contributed by atoms with Gasteiger partial charge in [-0.1, -0.05) is 17.7 Å². The van der Waals surface area contributed by atoms with Gasteiger partial charge < -0.3 is 25.0 Å². The van der Waals surface area contributed by atoms with Crippen LogP contribution < -0.4 is 15.4 Å². The number of guanidine groups is 1. The first kappa shape index (κ1) is 27.3. The molecule has 6 nitrogen and oxygen atoms in total. The van der Waals surface area contributed by atoms with Crippen molar-refractivity contribution in [3.05, 3.63) is 29.3 Å². The second-order valence-corrected chi connectivity index (χ2v) is 8.22. The fourth-order valence-corrected chi connectivity index (χ4v) is 3.44. The van der Waals surface area contributed by atoms with Crippen molar-refractivity contribution in [2.45, 2.75) is 58.8 Å². The van der Waals surface area contributed by atoms with Crippen LogP contribution in [-0.2, 0) is 4.74 Å². The van der Waals surface area contributed by atoms with Crippen molar-refractivity contribution >= 4 is 41.5 Å². The van der Waals surface area contributed by atoms with Crippen LogP contribution in [0.2, 0.25) is 5.02 Å². The smallest absolute Gasteiger partial charge is 0.191 e. The molecule has 1 fully saturated rings. The van der Waals surface area contributed by atoms with Crippen LogP contribution in [-0.4, -0.2) is 68.4 Å². The second-order valence-electron chi connectivity index (χ2n) is 7.79. The summed E-state index contributed by atoms with van der Waals surface area (Å²) in [5.41, 5.74) is 0. The lowest BCUT2D eigenvalue weighted by Crippen LogP contribution is -2.49. The molecule has 0 spiro atoms. The van der Waals surface area contributed by atoms with Crippen molar-refractivity contribution in [1.29, 1.82) is 0 Å². The Hall–Kier alpha value is -0.770. The fraction of sp³-hybridized carbons (Fsp3) is 0.682. The van der Waals surface area contributed by atoms with Gasteiger partial charge in [-0.15, -0.1) is 24.0 Å². The lowest BCUT2D eigenvalue weighted by atomic mass is 10.1. The lowest BCUT2D eigenvalue weighted by molar-refractivity contribution is 0.0532. The molecule has 1 aromatic rings. The largest absolute Gasteiger partial charge is 0.489 e. The number of hydrogen-bond acceptors (Lipinski definition) is 4. The van der Waals surface area contributed by atoms with E-state index >= 15 is 0 Å². The summed E-state index contributed by atoms with van der Waals surface area (Å²) in [5.74, 6) is 1.63. The average Bonchev–Trinajstić information content (AvgIpc) is 2.67. The molecule has 0 amide bonds. The van der Waals surface area contributed by atoms with E-state index in [4.69, 9.17) is 26.1 Å². The zero-order valence-corrected chi connectivity index (χ0v) is 21.8. The van der Waals surface area contributed by atoms with Gasteiger partial charge in [0.1, 0.15) is 11.9 Å². The Morgan fingerprint density at radius 1 is 1.27 bits per heavy atom. The van der Waals surface area contributed by atoms with Gasteiger partial charge in [0, 0.05) is 37.2 Å². The quantitative estimate of drug-likeness (QED) is 0.259. The molecule has 8 heteroatoms. The summed E-state index contributed by atoms with van der Waals surface area (Å²) < 4.78 is 11.6. The maximum absolute atomic E-state index is 6.02. The van der Waals surface area contributed by atoms with E-state index in [2.05, 4.69) is 36.3 Å². The SMILES string of the molecule is CCNC(=NCC(C)Oc1cccc(Cl)c1)NC1CCN(CCOC(C)C)CC1.I. The molecule has 1 atom stereocenters. The van der Waals surface area contributed by atoms with E-state index in [0.717, 1.165) is 57.3 Å². The minimum atomic E-state index is -0.0354. The average molecular weight is 553 g/mol. The minimum Gasteiger partial charge on any atom is -0.489 e. The molecule has 1 heterocycles. The van der Waals surface area contributed by atoms with Gasteiger partial charge in [0.05, 0.1) is 19.3 Å². The predicted octanol–water partition coefficient (Wildman–Crippen LogP) is 4.17. The van der Waals surface area contributed by atoms with Gasteiger partial charge >= 0.3 is 0 Å². The monoisotopic (exact) mass is 552 g/mol. The number of hydrogen-bond donors (Lipinski definition) is 2. The number of nitrogens with one attached hydrogen (secondary N) is 2. The Bertz CT molecular complexity index is 625. The summed E-state index contributed by atoms with van der Waals surface area (Å²) in [7, 11) is 0. The highest BCUT2D eigenvalue weighted by Crippen LogP contribution is 2.18. The number of aliphatic imine (C=N–C) groups is 1. The summed E-state index contributed by atoms with van der Waals surface area (Å²) in [4.78, 5) is 7.19. The highest BCUT2D eigenvalue weighted by Gasteiger charge is 2.20. The maximum Gasteiger partial charge on any atom is 0.191 e. The van der Waals surface area contributed by atoms with Gasteiger partial charge in [-0.2, -0.15) is 0 Å². The molecule has 2 N–H and O–H groups in total. The Labute approximate surface area is 204 Å². The number of ether oxygens (including phenoxy) is 2. The molecule has 0 saturated carbocycles. The molecule has 1 aliphatic rings. The minimum absolute atomic E-state index is 0. The second kappa shape index (κ2) is 15.1. The number of likely N-dealkylation sites (tertiary alicyclic amines) is 1. The highest BCUT2D eigenvalue weighted by molar-refractivity contribution is 14.0. The topological polar surface area (TPSA) is 58.1 Å². The normalized spacial score (nSPS) is 16.8. The van der Waals surface area contributed by atoms with Gasteiger partial charge in [-0.05, 0) is 58.7 Å². The summed E-state index contributed by atoms with van der Waals surface area (Å²) >= 11 is 6.02. The zero-order valence-electron chi connectivity index (χ0n) is 18.7. The van der Waals surface area contributed by atoms with Crippen LogP contribution in [0.15, 0.2) is 29.3 Å². The number of piperidine rings is 1. The standard InChI is InChI=1S/C22H37ClN4O2.HI/c1-5-24-22(25-16-18(4)29-21-8-6-7-19(23)15-21)26-20-9-11-27(12-10-20)13-14-28-17(2)3;/h6-8,15,17-18,20H,5,9-14,16H2,1-4H3,(H2,24,25,26);1H. The van der Waals surface area contributed by atoms with Gasteiger partial charge in [0.15, 0.2) is 5.96 Å². The third-order valence-electron chi connectivity index (χ3n) is 4.77. The van der Waals surface area contributed by atoms with Gasteiger partial charge in [-0.25, -0.2) is 4.99 Å². The zero-order chi connectivity index (χ0) is 21.1. The Morgan fingerprint density at radius 2 is 2.00 bits per heavy atom. The molecule has 0 aromatic heterocycles. The molecule has 0 aliphatic carbocycles. The first-order valence-corrected chi connectivity index (χ1v) is 11.1. The van der Waals surface area contributed by atoms with Crippen molar-refractivity contribution in [2.24, 2.45) is 4.99 Å². The molecule has 1 aliphatic heterocycles. The van der Waals surface area contributed by atoms with Gasteiger partial charge in [-0.3, -0.25) is 0 Å². The Balaban J connectivity index is 0.00000450. The summed E-state index contributed by atoms with van der Waals surface area (Å²) in [6, 6.07) is 7.91. The maximum atomic E-state index is 6.02. The van der Waals surface area contributed by atoms with Crippen LogP contribution in [0.25, 0.3) is 0 Å². The summed E-state index contributed by atoms with van der Waals surface area (Å²) in [6.07, 6.45) is 2.49. The van der Waals surface area contributed by atoms with E-state index in [0.29, 0.717) is 23.7 Å². The third-order valence-corrected chi connectivity index (χ3v) is 5.01. The molecular weight excluding hydrogens is 515 g/mol. The van der Waals surface area contributed by atoms with Crippen LogP contribution >= 0.6 is 35.6 Å². The first-order valence-electron chi connectivity index (χ1n) is 10.8. The molecule has 1 unspecified atom stereocenters. The van der Waals surface area contributed by atoms with Crippen LogP contribution in [0.4, 0.5) is 0 Å². The Kier molecular flexibility index (Phi) is 13.7. The van der Waals surface area contributed by atoms with E-state index < -0.39 is 0 Å². The van der Waals surface area contributed by atoms with Gasteiger partial charge in [0.25, 0.3) is 0 Å². The van der Waals surface area contributed by atoms with E-state index in [1.54, 1.807) is 0 Å². The van der Waals surface area contributed by atoms with E-state index in [-0.39, 0.29) is 30.1 Å². The number of benzene rings is 1. The molecule has 1 aromatic carbocycles. The van der Waals surface area contributed by atoms with Crippen LogP contribution in [0.1, 0.15) is 40.5 Å².